The molecule has 0 fully saturated rings. The van der Waals surface area contributed by atoms with E-state index in [-0.39, 0.29) is 0 Å². The lowest BCUT2D eigenvalue weighted by Crippen LogP contribution is -2.07. The second-order valence-electron chi connectivity index (χ2n) is 4.04. The molecule has 0 radical (unpaired) electrons. The van der Waals surface area contributed by atoms with Gasteiger partial charge in [0.1, 0.15) is 5.82 Å². The number of nitrogens with zero attached hydrogens (tertiary/aromatic N) is 2. The van der Waals surface area contributed by atoms with E-state index in [1.807, 2.05) is 13.8 Å². The minimum Gasteiger partial charge on any atom is -0.369 e. The number of anilines is 1. The van der Waals surface area contributed by atoms with Crippen molar-refractivity contribution in [2.45, 2.75) is 34.1 Å². The molecule has 0 bridgehead atoms. The van der Waals surface area contributed by atoms with Crippen molar-refractivity contribution in [3.63, 3.8) is 0 Å². The van der Waals surface area contributed by atoms with Gasteiger partial charge in [-0.2, -0.15) is 0 Å². The Morgan fingerprint density at radius 2 is 2.00 bits per heavy atom. The predicted octanol–water partition coefficient (Wildman–Crippen LogP) is 2.55. The van der Waals surface area contributed by atoms with Crippen LogP contribution in [-0.2, 0) is 0 Å². The molecule has 3 nitrogen and oxygen atoms in total. The van der Waals surface area contributed by atoms with Crippen LogP contribution < -0.4 is 5.32 Å². The Bertz CT molecular complexity index is 295. The van der Waals surface area contributed by atoms with Gasteiger partial charge in [0.2, 0.25) is 0 Å². The number of nitrogens with one attached hydrogen (secondary N) is 1. The molecule has 0 aliphatic carbocycles. The van der Waals surface area contributed by atoms with Crippen LogP contribution in [0.4, 0.5) is 5.82 Å². The van der Waals surface area contributed by atoms with Crippen molar-refractivity contribution < 1.29 is 0 Å². The van der Waals surface area contributed by atoms with Gasteiger partial charge in [-0.3, -0.25) is 4.98 Å². The predicted molar refractivity (Wildman–Crippen MR) is 59.5 cm³/mol. The largest absolute Gasteiger partial charge is 0.369 e. The number of aromatic nitrogens is 2. The Morgan fingerprint density at radius 3 is 2.57 bits per heavy atom. The van der Waals surface area contributed by atoms with Crippen LogP contribution in [0.1, 0.15) is 31.7 Å². The van der Waals surface area contributed by atoms with Gasteiger partial charge in [-0.1, -0.05) is 13.8 Å². The fourth-order valence-electron chi connectivity index (χ4n) is 1.12. The lowest BCUT2D eigenvalue weighted by Gasteiger charge is -2.08. The molecule has 0 atom stereocenters. The van der Waals surface area contributed by atoms with Crippen LogP contribution in [0.15, 0.2) is 6.20 Å². The second kappa shape index (κ2) is 4.94. The molecule has 1 N–H and O–H groups in total. The zero-order chi connectivity index (χ0) is 10.6. The van der Waals surface area contributed by atoms with E-state index in [4.69, 9.17) is 0 Å². The molecule has 0 unspecified atom stereocenters. The van der Waals surface area contributed by atoms with Crippen molar-refractivity contribution in [3.05, 3.63) is 17.6 Å². The van der Waals surface area contributed by atoms with Crippen LogP contribution in [0.2, 0.25) is 0 Å². The van der Waals surface area contributed by atoms with E-state index in [0.29, 0.717) is 0 Å². The third kappa shape index (κ3) is 3.32. The van der Waals surface area contributed by atoms with E-state index in [9.17, 15) is 0 Å². The smallest absolute Gasteiger partial charge is 0.144 e. The molecule has 0 aliphatic rings. The summed E-state index contributed by atoms with van der Waals surface area (Å²) in [6, 6.07) is 0. The van der Waals surface area contributed by atoms with Crippen LogP contribution in [0.25, 0.3) is 0 Å². The first-order valence-corrected chi connectivity index (χ1v) is 5.13. The van der Waals surface area contributed by atoms with Crippen LogP contribution >= 0.6 is 0 Å². The first-order chi connectivity index (χ1) is 6.59. The van der Waals surface area contributed by atoms with Crippen molar-refractivity contribution >= 4 is 5.82 Å². The van der Waals surface area contributed by atoms with Gasteiger partial charge in [0, 0.05) is 6.54 Å². The maximum Gasteiger partial charge on any atom is 0.144 e. The molecule has 0 saturated carbocycles. The van der Waals surface area contributed by atoms with Crippen molar-refractivity contribution in [2.75, 3.05) is 11.9 Å². The molecule has 0 aromatic carbocycles. The average molecular weight is 193 g/mol. The monoisotopic (exact) mass is 193 g/mol. The van der Waals surface area contributed by atoms with Gasteiger partial charge in [-0.05, 0) is 26.2 Å². The highest BCUT2D eigenvalue weighted by Crippen LogP contribution is 2.06. The molecule has 0 spiro atoms. The normalized spacial score (nSPS) is 10.6. The second-order valence-corrected chi connectivity index (χ2v) is 4.04. The number of hydrogen-bond acceptors (Lipinski definition) is 3. The van der Waals surface area contributed by atoms with Gasteiger partial charge >= 0.3 is 0 Å². The summed E-state index contributed by atoms with van der Waals surface area (Å²) in [6.45, 7) is 9.35. The Morgan fingerprint density at radius 1 is 1.29 bits per heavy atom. The highest BCUT2D eigenvalue weighted by molar-refractivity contribution is 5.32. The highest BCUT2D eigenvalue weighted by atomic mass is 15.0. The molecule has 1 aromatic rings. The Hall–Kier alpha value is -1.12. The summed E-state index contributed by atoms with van der Waals surface area (Å²) in [5, 5.41) is 3.27. The van der Waals surface area contributed by atoms with Crippen LogP contribution in [0.3, 0.4) is 0 Å². The fraction of sp³-hybridized carbons (Fsp3) is 0.636. The quantitative estimate of drug-likeness (QED) is 0.798. The minimum atomic E-state index is 0.724. The van der Waals surface area contributed by atoms with Gasteiger partial charge in [0.25, 0.3) is 0 Å². The first-order valence-electron chi connectivity index (χ1n) is 5.13. The molecule has 0 aliphatic heterocycles. The summed E-state index contributed by atoms with van der Waals surface area (Å²) in [7, 11) is 0. The van der Waals surface area contributed by atoms with Crippen molar-refractivity contribution in [3.8, 4) is 0 Å². The number of hydrogen-bond donors (Lipinski definition) is 1. The summed E-state index contributed by atoms with van der Waals surface area (Å²) in [5.74, 6) is 1.61. The molecule has 0 saturated heterocycles. The van der Waals surface area contributed by atoms with E-state index in [2.05, 4.69) is 29.1 Å². The van der Waals surface area contributed by atoms with Crippen molar-refractivity contribution in [1.29, 1.82) is 0 Å². The molecule has 3 heteroatoms. The molecule has 78 valence electrons. The Kier molecular flexibility index (Phi) is 3.86. The lowest BCUT2D eigenvalue weighted by atomic mass is 10.1. The van der Waals surface area contributed by atoms with Gasteiger partial charge in [-0.25, -0.2) is 4.98 Å². The first kappa shape index (κ1) is 11.0. The van der Waals surface area contributed by atoms with Gasteiger partial charge in [0.15, 0.2) is 0 Å². The van der Waals surface area contributed by atoms with Crippen LogP contribution in [-0.4, -0.2) is 16.5 Å². The molecule has 1 heterocycles. The Balaban J connectivity index is 2.47. The van der Waals surface area contributed by atoms with Gasteiger partial charge in [-0.15, -0.1) is 0 Å². The molecular formula is C11H19N3. The van der Waals surface area contributed by atoms with Gasteiger partial charge in [0.05, 0.1) is 17.6 Å². The highest BCUT2D eigenvalue weighted by Gasteiger charge is 1.99. The Labute approximate surface area is 86.0 Å². The fourth-order valence-corrected chi connectivity index (χ4v) is 1.12. The summed E-state index contributed by atoms with van der Waals surface area (Å²) < 4.78 is 0. The zero-order valence-electron chi connectivity index (χ0n) is 9.46. The summed E-state index contributed by atoms with van der Waals surface area (Å²) >= 11 is 0. The zero-order valence-corrected chi connectivity index (χ0v) is 9.46. The third-order valence-corrected chi connectivity index (χ3v) is 2.22. The average Bonchev–Trinajstić information content (AvgIpc) is 2.10. The number of rotatable bonds is 4. The molecule has 14 heavy (non-hydrogen) atoms. The van der Waals surface area contributed by atoms with Crippen LogP contribution in [0.5, 0.6) is 0 Å². The minimum absolute atomic E-state index is 0.724. The SMILES string of the molecule is Cc1ncc(NCCC(C)C)nc1C. The summed E-state index contributed by atoms with van der Waals surface area (Å²) in [4.78, 5) is 8.65. The van der Waals surface area contributed by atoms with E-state index in [0.717, 1.165) is 36.1 Å². The third-order valence-electron chi connectivity index (χ3n) is 2.22. The summed E-state index contributed by atoms with van der Waals surface area (Å²) in [5.41, 5.74) is 2.00. The van der Waals surface area contributed by atoms with Crippen LogP contribution in [0, 0.1) is 19.8 Å². The maximum absolute atomic E-state index is 4.40. The summed E-state index contributed by atoms with van der Waals surface area (Å²) in [6.07, 6.45) is 2.96. The van der Waals surface area contributed by atoms with E-state index in [1.165, 1.54) is 0 Å². The van der Waals surface area contributed by atoms with Crippen molar-refractivity contribution in [2.24, 2.45) is 5.92 Å². The molecule has 1 rings (SSSR count). The number of aryl methyl sites for hydroxylation is 2. The molecule has 0 amide bonds. The topological polar surface area (TPSA) is 37.8 Å². The maximum atomic E-state index is 4.40. The van der Waals surface area contributed by atoms with Crippen molar-refractivity contribution in [1.82, 2.24) is 9.97 Å². The lowest BCUT2D eigenvalue weighted by molar-refractivity contribution is 0.606. The standard InChI is InChI=1S/C11H19N3/c1-8(2)5-6-12-11-7-13-9(3)10(4)14-11/h7-8H,5-6H2,1-4H3,(H,12,14). The van der Waals surface area contributed by atoms with E-state index < -0.39 is 0 Å². The van der Waals surface area contributed by atoms with Gasteiger partial charge < -0.3 is 5.32 Å². The van der Waals surface area contributed by atoms with E-state index in [1.54, 1.807) is 6.20 Å². The van der Waals surface area contributed by atoms with E-state index >= 15 is 0 Å². The molecule has 1 aromatic heterocycles. The molecular weight excluding hydrogens is 174 g/mol.